The van der Waals surface area contributed by atoms with Gasteiger partial charge in [-0.05, 0) is 67.1 Å². The third-order valence-corrected chi connectivity index (χ3v) is 6.22. The maximum absolute atomic E-state index is 13.7. The van der Waals surface area contributed by atoms with Crippen molar-refractivity contribution in [1.82, 2.24) is 15.2 Å². The monoisotopic (exact) mass is 445 g/mol. The summed E-state index contributed by atoms with van der Waals surface area (Å²) < 4.78 is 13.7. The van der Waals surface area contributed by atoms with Crippen molar-refractivity contribution in [2.45, 2.75) is 26.2 Å². The Balaban J connectivity index is 1.63. The zero-order chi connectivity index (χ0) is 23.3. The molecule has 1 fully saturated rings. The second kappa shape index (κ2) is 9.94. The minimum absolute atomic E-state index is 0.0372. The predicted octanol–water partition coefficient (Wildman–Crippen LogP) is 4.49. The summed E-state index contributed by atoms with van der Waals surface area (Å²) in [6, 6.07) is 17.9. The van der Waals surface area contributed by atoms with Crippen LogP contribution < -0.4 is 5.32 Å². The van der Waals surface area contributed by atoms with Crippen molar-refractivity contribution in [3.05, 3.63) is 90.0 Å². The first-order chi connectivity index (χ1) is 16.0. The van der Waals surface area contributed by atoms with Crippen LogP contribution in [-0.2, 0) is 11.2 Å². The summed E-state index contributed by atoms with van der Waals surface area (Å²) in [5, 5.41) is 2.99. The normalized spacial score (nSPS) is 18.1. The summed E-state index contributed by atoms with van der Waals surface area (Å²) in [7, 11) is 0. The van der Waals surface area contributed by atoms with E-state index in [9.17, 15) is 14.0 Å². The Morgan fingerprint density at radius 2 is 1.88 bits per heavy atom. The van der Waals surface area contributed by atoms with Crippen molar-refractivity contribution in [1.29, 1.82) is 0 Å². The molecule has 0 spiro atoms. The van der Waals surface area contributed by atoms with E-state index in [1.54, 1.807) is 35.5 Å². The van der Waals surface area contributed by atoms with Gasteiger partial charge >= 0.3 is 0 Å². The molecule has 1 aromatic heterocycles. The molecule has 0 saturated carbocycles. The number of rotatable bonds is 6. The highest BCUT2D eigenvalue weighted by atomic mass is 19.1. The lowest BCUT2D eigenvalue weighted by Gasteiger charge is -2.42. The number of hydrogen-bond acceptors (Lipinski definition) is 3. The van der Waals surface area contributed by atoms with E-state index in [0.717, 1.165) is 23.1 Å². The molecule has 0 bridgehead atoms. The molecule has 3 aromatic rings. The van der Waals surface area contributed by atoms with Gasteiger partial charge in [-0.2, -0.15) is 0 Å². The van der Waals surface area contributed by atoms with E-state index in [2.05, 4.69) is 10.3 Å². The van der Waals surface area contributed by atoms with Gasteiger partial charge in [-0.25, -0.2) is 4.39 Å². The number of benzene rings is 2. The van der Waals surface area contributed by atoms with Gasteiger partial charge in [-0.1, -0.05) is 36.4 Å². The van der Waals surface area contributed by atoms with Crippen molar-refractivity contribution in [3.8, 4) is 11.1 Å². The zero-order valence-electron chi connectivity index (χ0n) is 18.8. The molecule has 2 aromatic carbocycles. The van der Waals surface area contributed by atoms with Crippen molar-refractivity contribution >= 4 is 11.8 Å². The summed E-state index contributed by atoms with van der Waals surface area (Å²) in [4.78, 5) is 32.3. The molecular weight excluding hydrogens is 417 g/mol. The van der Waals surface area contributed by atoms with Gasteiger partial charge in [0.2, 0.25) is 5.91 Å². The fourth-order valence-electron chi connectivity index (χ4n) is 4.65. The number of carbonyl (C=O) groups excluding carboxylic acids is 2. The van der Waals surface area contributed by atoms with Crippen LogP contribution in [0, 0.1) is 11.2 Å². The lowest BCUT2D eigenvalue weighted by Crippen LogP contribution is -2.54. The Kier molecular flexibility index (Phi) is 6.82. The summed E-state index contributed by atoms with van der Waals surface area (Å²) in [5.41, 5.74) is 2.47. The van der Waals surface area contributed by atoms with E-state index in [-0.39, 0.29) is 17.6 Å². The predicted molar refractivity (Wildman–Crippen MR) is 126 cm³/mol. The highest BCUT2D eigenvalue weighted by molar-refractivity contribution is 5.94. The van der Waals surface area contributed by atoms with E-state index in [1.165, 1.54) is 12.1 Å². The maximum atomic E-state index is 13.7. The molecule has 5 nitrogen and oxygen atoms in total. The Labute approximate surface area is 193 Å². The third kappa shape index (κ3) is 5.11. The molecule has 2 amide bonds. The summed E-state index contributed by atoms with van der Waals surface area (Å²) in [5.74, 6) is -0.427. The molecule has 1 atom stereocenters. The molecule has 0 radical (unpaired) electrons. The minimum Gasteiger partial charge on any atom is -0.356 e. The van der Waals surface area contributed by atoms with Gasteiger partial charge in [0, 0.05) is 32.0 Å². The first-order valence-electron chi connectivity index (χ1n) is 11.3. The van der Waals surface area contributed by atoms with Gasteiger partial charge in [-0.15, -0.1) is 0 Å². The van der Waals surface area contributed by atoms with Gasteiger partial charge in [0.1, 0.15) is 5.82 Å². The second-order valence-electron chi connectivity index (χ2n) is 8.60. The molecule has 6 heteroatoms. The van der Waals surface area contributed by atoms with E-state index in [0.29, 0.717) is 38.0 Å². The smallest absolute Gasteiger partial charge is 0.255 e. The Morgan fingerprint density at radius 1 is 1.09 bits per heavy atom. The molecule has 4 rings (SSSR count). The van der Waals surface area contributed by atoms with Crippen LogP contribution in [0.2, 0.25) is 0 Å². The van der Waals surface area contributed by atoms with Crippen LogP contribution in [0.4, 0.5) is 4.39 Å². The van der Waals surface area contributed by atoms with Gasteiger partial charge < -0.3 is 10.2 Å². The summed E-state index contributed by atoms with van der Waals surface area (Å²) >= 11 is 0. The number of pyridine rings is 1. The summed E-state index contributed by atoms with van der Waals surface area (Å²) in [6.45, 7) is 3.38. The van der Waals surface area contributed by atoms with Gasteiger partial charge in [0.05, 0.1) is 11.0 Å². The molecule has 1 N–H and O–H groups in total. The SMILES string of the molecule is CCNC(=O)[C@]1(Cc2cccc(-c3cccc(F)c3)c2)CCCN(C(=O)c2cccnc2)C1. The second-order valence-corrected chi connectivity index (χ2v) is 8.60. The van der Waals surface area contributed by atoms with Crippen molar-refractivity contribution in [3.63, 3.8) is 0 Å². The molecule has 2 heterocycles. The number of aromatic nitrogens is 1. The Hall–Kier alpha value is -3.54. The number of hydrogen-bond donors (Lipinski definition) is 1. The average Bonchev–Trinajstić information content (AvgIpc) is 2.84. The highest BCUT2D eigenvalue weighted by Crippen LogP contribution is 2.36. The van der Waals surface area contributed by atoms with Crippen LogP contribution in [0.5, 0.6) is 0 Å². The van der Waals surface area contributed by atoms with Gasteiger partial charge in [0.25, 0.3) is 5.91 Å². The quantitative estimate of drug-likeness (QED) is 0.608. The average molecular weight is 446 g/mol. The lowest BCUT2D eigenvalue weighted by atomic mass is 9.73. The van der Waals surface area contributed by atoms with Crippen molar-refractivity contribution in [2.24, 2.45) is 5.41 Å². The summed E-state index contributed by atoms with van der Waals surface area (Å²) in [6.07, 6.45) is 5.14. The zero-order valence-corrected chi connectivity index (χ0v) is 18.8. The van der Waals surface area contributed by atoms with Crippen LogP contribution in [0.15, 0.2) is 73.1 Å². The van der Waals surface area contributed by atoms with E-state index in [1.807, 2.05) is 37.3 Å². The Bertz CT molecular complexity index is 1130. The molecular formula is C27H28FN3O2. The van der Waals surface area contributed by atoms with E-state index in [4.69, 9.17) is 0 Å². The lowest BCUT2D eigenvalue weighted by molar-refractivity contribution is -0.133. The van der Waals surface area contributed by atoms with E-state index < -0.39 is 5.41 Å². The van der Waals surface area contributed by atoms with Crippen molar-refractivity contribution in [2.75, 3.05) is 19.6 Å². The number of likely N-dealkylation sites (tertiary alicyclic amines) is 1. The largest absolute Gasteiger partial charge is 0.356 e. The molecule has 1 aliphatic heterocycles. The number of amides is 2. The number of carbonyl (C=O) groups is 2. The van der Waals surface area contributed by atoms with Gasteiger partial charge in [-0.3, -0.25) is 14.6 Å². The number of nitrogens with zero attached hydrogens (tertiary/aromatic N) is 2. The fourth-order valence-corrected chi connectivity index (χ4v) is 4.65. The molecule has 33 heavy (non-hydrogen) atoms. The van der Waals surface area contributed by atoms with E-state index >= 15 is 0 Å². The fraction of sp³-hybridized carbons (Fsp3) is 0.296. The van der Waals surface area contributed by atoms with Crippen LogP contribution in [-0.4, -0.2) is 41.3 Å². The van der Waals surface area contributed by atoms with Crippen LogP contribution in [0.25, 0.3) is 11.1 Å². The number of halogens is 1. The minimum atomic E-state index is -0.729. The molecule has 1 aliphatic rings. The first-order valence-corrected chi connectivity index (χ1v) is 11.3. The molecule has 0 aliphatic carbocycles. The maximum Gasteiger partial charge on any atom is 0.255 e. The standard InChI is InChI=1S/C27H28FN3O2/c1-2-30-26(33)27(12-6-14-31(19-27)25(32)23-10-5-13-29-18-23)17-20-7-3-8-21(15-20)22-9-4-11-24(28)16-22/h3-5,7-11,13,15-16,18H,2,6,12,14,17,19H2,1H3,(H,30,33)/t27-/m0/s1. The molecule has 0 unspecified atom stereocenters. The van der Waals surface area contributed by atoms with Crippen LogP contribution in [0.1, 0.15) is 35.7 Å². The molecule has 170 valence electrons. The van der Waals surface area contributed by atoms with Crippen LogP contribution >= 0.6 is 0 Å². The van der Waals surface area contributed by atoms with Crippen molar-refractivity contribution < 1.29 is 14.0 Å². The van der Waals surface area contributed by atoms with Crippen LogP contribution in [0.3, 0.4) is 0 Å². The van der Waals surface area contributed by atoms with Gasteiger partial charge in [0.15, 0.2) is 0 Å². The number of piperidine rings is 1. The third-order valence-electron chi connectivity index (χ3n) is 6.22. The number of nitrogens with one attached hydrogen (secondary N) is 1. The highest BCUT2D eigenvalue weighted by Gasteiger charge is 2.43. The molecule has 1 saturated heterocycles. The first kappa shape index (κ1) is 22.6. The topological polar surface area (TPSA) is 62.3 Å². The Morgan fingerprint density at radius 3 is 2.61 bits per heavy atom.